The molecule has 168 valence electrons. The molecule has 1 saturated heterocycles. The summed E-state index contributed by atoms with van der Waals surface area (Å²) in [4.78, 5) is 12.7. The van der Waals surface area contributed by atoms with Crippen LogP contribution in [-0.4, -0.2) is 38.3 Å². The van der Waals surface area contributed by atoms with Crippen LogP contribution in [0.2, 0.25) is 10.0 Å². The van der Waals surface area contributed by atoms with Gasteiger partial charge in [0.2, 0.25) is 15.9 Å². The summed E-state index contributed by atoms with van der Waals surface area (Å²) in [5, 5.41) is 3.63. The fourth-order valence-electron chi connectivity index (χ4n) is 3.61. The van der Waals surface area contributed by atoms with Crippen molar-refractivity contribution in [2.75, 3.05) is 19.7 Å². The number of sulfonamides is 1. The van der Waals surface area contributed by atoms with Gasteiger partial charge in [0.15, 0.2) is 0 Å². The van der Waals surface area contributed by atoms with Crippen LogP contribution < -0.4 is 10.1 Å². The third-order valence-corrected chi connectivity index (χ3v) is 7.76. The van der Waals surface area contributed by atoms with Gasteiger partial charge in [-0.05, 0) is 43.5 Å². The van der Waals surface area contributed by atoms with E-state index in [1.165, 1.54) is 4.31 Å². The lowest BCUT2D eigenvalue weighted by Crippen LogP contribution is -2.45. The number of amides is 1. The number of carbonyl (C=O) groups excluding carboxylic acids is 1. The first-order chi connectivity index (χ1) is 14.8. The Morgan fingerprint density at radius 2 is 1.97 bits per heavy atom. The maximum absolute atomic E-state index is 12.9. The van der Waals surface area contributed by atoms with E-state index < -0.39 is 15.9 Å². The molecular formula is C22H26Cl2N2O4S. The monoisotopic (exact) mass is 484 g/mol. The largest absolute Gasteiger partial charge is 0.494 e. The average molecular weight is 485 g/mol. The zero-order valence-corrected chi connectivity index (χ0v) is 19.6. The van der Waals surface area contributed by atoms with Crippen LogP contribution in [0.15, 0.2) is 42.5 Å². The zero-order chi connectivity index (χ0) is 22.4. The van der Waals surface area contributed by atoms with Crippen molar-refractivity contribution in [3.8, 4) is 5.75 Å². The molecule has 3 rings (SSSR count). The number of para-hydroxylation sites is 1. The molecule has 1 aliphatic heterocycles. The minimum atomic E-state index is -3.58. The first-order valence-electron chi connectivity index (χ1n) is 10.2. The van der Waals surface area contributed by atoms with Crippen molar-refractivity contribution >= 4 is 39.1 Å². The van der Waals surface area contributed by atoms with E-state index in [-0.39, 0.29) is 18.2 Å². The molecular weight excluding hydrogens is 459 g/mol. The third kappa shape index (κ3) is 6.35. The highest BCUT2D eigenvalue weighted by Gasteiger charge is 2.32. The molecule has 2 aromatic carbocycles. The second-order valence-corrected chi connectivity index (χ2v) is 10.2. The number of nitrogens with one attached hydrogen (secondary N) is 1. The van der Waals surface area contributed by atoms with Crippen molar-refractivity contribution in [1.82, 2.24) is 9.62 Å². The van der Waals surface area contributed by atoms with Gasteiger partial charge in [0.1, 0.15) is 5.75 Å². The summed E-state index contributed by atoms with van der Waals surface area (Å²) in [6, 6.07) is 12.3. The van der Waals surface area contributed by atoms with Crippen LogP contribution in [0.25, 0.3) is 0 Å². The highest BCUT2D eigenvalue weighted by molar-refractivity contribution is 7.88. The molecule has 0 unspecified atom stereocenters. The minimum absolute atomic E-state index is 0.152. The van der Waals surface area contributed by atoms with Crippen LogP contribution >= 0.6 is 23.2 Å². The third-order valence-electron chi connectivity index (χ3n) is 5.21. The number of ether oxygens (including phenoxy) is 1. The normalized spacial score (nSPS) is 17.3. The van der Waals surface area contributed by atoms with Crippen LogP contribution in [0.4, 0.5) is 0 Å². The SMILES string of the molecule is CCOc1ccccc1CNC(=O)[C@H]1CCCN(S(=O)(=O)Cc2ccc(Cl)c(Cl)c2)C1. The average Bonchev–Trinajstić information content (AvgIpc) is 2.75. The highest BCUT2D eigenvalue weighted by atomic mass is 35.5. The Kier molecular flexibility index (Phi) is 8.22. The number of hydrogen-bond donors (Lipinski definition) is 1. The van der Waals surface area contributed by atoms with Crippen LogP contribution in [0.5, 0.6) is 5.75 Å². The number of carbonyl (C=O) groups is 1. The van der Waals surface area contributed by atoms with E-state index >= 15 is 0 Å². The van der Waals surface area contributed by atoms with Crippen molar-refractivity contribution in [2.45, 2.75) is 32.1 Å². The summed E-state index contributed by atoms with van der Waals surface area (Å²) < 4.78 is 32.8. The Bertz CT molecular complexity index is 1030. The Hall–Kier alpha value is -1.80. The van der Waals surface area contributed by atoms with Crippen LogP contribution in [0.1, 0.15) is 30.9 Å². The van der Waals surface area contributed by atoms with E-state index in [0.717, 1.165) is 11.3 Å². The molecule has 0 spiro atoms. The highest BCUT2D eigenvalue weighted by Crippen LogP contribution is 2.26. The topological polar surface area (TPSA) is 75.7 Å². The Labute approximate surface area is 193 Å². The summed E-state index contributed by atoms with van der Waals surface area (Å²) in [5.74, 6) is 0.0112. The Morgan fingerprint density at radius 3 is 2.71 bits per heavy atom. The van der Waals surface area contributed by atoms with Gasteiger partial charge in [-0.1, -0.05) is 47.5 Å². The molecule has 1 aliphatic rings. The van der Waals surface area contributed by atoms with Crippen molar-refractivity contribution in [2.24, 2.45) is 5.92 Å². The summed E-state index contributed by atoms with van der Waals surface area (Å²) >= 11 is 11.9. The predicted octanol–water partition coefficient (Wildman–Crippen LogP) is 4.25. The molecule has 0 saturated carbocycles. The van der Waals surface area contributed by atoms with Gasteiger partial charge < -0.3 is 10.1 Å². The molecule has 1 fully saturated rings. The summed E-state index contributed by atoms with van der Waals surface area (Å²) in [6.07, 6.45) is 1.28. The molecule has 0 aromatic heterocycles. The molecule has 1 N–H and O–H groups in total. The minimum Gasteiger partial charge on any atom is -0.494 e. The molecule has 0 bridgehead atoms. The molecule has 0 radical (unpaired) electrons. The van der Waals surface area contributed by atoms with Crippen molar-refractivity contribution in [1.29, 1.82) is 0 Å². The van der Waals surface area contributed by atoms with E-state index in [1.807, 2.05) is 31.2 Å². The molecule has 31 heavy (non-hydrogen) atoms. The summed E-state index contributed by atoms with van der Waals surface area (Å²) in [6.45, 7) is 3.36. The summed E-state index contributed by atoms with van der Waals surface area (Å²) in [7, 11) is -3.58. The maximum atomic E-state index is 12.9. The van der Waals surface area contributed by atoms with Gasteiger partial charge in [-0.2, -0.15) is 0 Å². The second-order valence-electron chi connectivity index (χ2n) is 7.46. The quantitative estimate of drug-likeness (QED) is 0.607. The lowest BCUT2D eigenvalue weighted by Gasteiger charge is -2.31. The summed E-state index contributed by atoms with van der Waals surface area (Å²) in [5.41, 5.74) is 1.45. The second kappa shape index (κ2) is 10.7. The van der Waals surface area contributed by atoms with Gasteiger partial charge in [0, 0.05) is 25.2 Å². The van der Waals surface area contributed by atoms with Gasteiger partial charge in [-0.15, -0.1) is 0 Å². The standard InChI is InChI=1S/C22H26Cl2N2O4S/c1-2-30-21-8-4-3-6-17(21)13-25-22(27)18-7-5-11-26(14-18)31(28,29)15-16-9-10-19(23)20(24)12-16/h3-4,6,8-10,12,18H,2,5,7,11,13-15H2,1H3,(H,25,27)/t18-/m0/s1. The van der Waals surface area contributed by atoms with Crippen LogP contribution in [0.3, 0.4) is 0 Å². The zero-order valence-electron chi connectivity index (χ0n) is 17.3. The van der Waals surface area contributed by atoms with E-state index in [0.29, 0.717) is 48.1 Å². The number of rotatable bonds is 8. The van der Waals surface area contributed by atoms with Gasteiger partial charge in [-0.25, -0.2) is 12.7 Å². The molecule has 1 amide bonds. The first-order valence-corrected chi connectivity index (χ1v) is 12.6. The maximum Gasteiger partial charge on any atom is 0.224 e. The molecule has 6 nitrogen and oxygen atoms in total. The van der Waals surface area contributed by atoms with Crippen LogP contribution in [-0.2, 0) is 27.1 Å². The Morgan fingerprint density at radius 1 is 1.19 bits per heavy atom. The molecule has 0 aliphatic carbocycles. The smallest absolute Gasteiger partial charge is 0.224 e. The van der Waals surface area contributed by atoms with Gasteiger partial charge >= 0.3 is 0 Å². The molecule has 1 atom stereocenters. The van der Waals surface area contributed by atoms with Crippen molar-refractivity contribution in [3.05, 3.63) is 63.6 Å². The molecule has 2 aromatic rings. The number of nitrogens with zero attached hydrogens (tertiary/aromatic N) is 1. The molecule has 1 heterocycles. The fourth-order valence-corrected chi connectivity index (χ4v) is 5.53. The van der Waals surface area contributed by atoms with Crippen molar-refractivity contribution in [3.63, 3.8) is 0 Å². The Balaban J connectivity index is 1.61. The van der Waals surface area contributed by atoms with E-state index in [9.17, 15) is 13.2 Å². The number of hydrogen-bond acceptors (Lipinski definition) is 4. The van der Waals surface area contributed by atoms with Gasteiger partial charge in [-0.3, -0.25) is 4.79 Å². The number of benzene rings is 2. The van der Waals surface area contributed by atoms with E-state index in [2.05, 4.69) is 5.32 Å². The lowest BCUT2D eigenvalue weighted by atomic mass is 9.98. The van der Waals surface area contributed by atoms with Crippen molar-refractivity contribution < 1.29 is 17.9 Å². The van der Waals surface area contributed by atoms with E-state index in [1.54, 1.807) is 18.2 Å². The predicted molar refractivity (Wildman–Crippen MR) is 123 cm³/mol. The first kappa shape index (κ1) is 23.9. The van der Waals surface area contributed by atoms with E-state index in [4.69, 9.17) is 27.9 Å². The van der Waals surface area contributed by atoms with Gasteiger partial charge in [0.05, 0.1) is 28.3 Å². The number of halogens is 2. The fraction of sp³-hybridized carbons (Fsp3) is 0.409. The molecule has 9 heteroatoms. The lowest BCUT2D eigenvalue weighted by molar-refractivity contribution is -0.126. The van der Waals surface area contributed by atoms with Crippen LogP contribution in [0, 0.1) is 5.92 Å². The van der Waals surface area contributed by atoms with Gasteiger partial charge in [0.25, 0.3) is 0 Å². The number of piperidine rings is 1.